The fourth-order valence-electron chi connectivity index (χ4n) is 4.44. The standard InChI is InChI=1S/C26H25N3O3S/c1-18-9-11-20(12-10-18)29-25(31)23(33-26(29)32)15-19-16-28(22-8-4-3-7-21(19)22)17-24(30)27-13-5-2-6-14-27/h3-4,7-12,15-16H,2,5-6,13-14,17H2,1H3/b23-15-. The molecule has 0 bridgehead atoms. The molecule has 0 atom stereocenters. The van der Waals surface area contributed by atoms with Crippen molar-refractivity contribution in [1.29, 1.82) is 0 Å². The van der Waals surface area contributed by atoms with Crippen molar-refractivity contribution in [3.8, 4) is 0 Å². The summed E-state index contributed by atoms with van der Waals surface area (Å²) in [6.45, 7) is 3.86. The quantitative estimate of drug-likeness (QED) is 0.503. The summed E-state index contributed by atoms with van der Waals surface area (Å²) in [6, 6.07) is 15.2. The van der Waals surface area contributed by atoms with Crippen LogP contribution in [-0.2, 0) is 16.1 Å². The van der Waals surface area contributed by atoms with Crippen LogP contribution >= 0.6 is 11.8 Å². The largest absolute Gasteiger partial charge is 0.341 e. The summed E-state index contributed by atoms with van der Waals surface area (Å²) in [6.07, 6.45) is 6.97. The number of benzene rings is 2. The van der Waals surface area contributed by atoms with E-state index in [-0.39, 0.29) is 23.6 Å². The number of piperidine rings is 1. The summed E-state index contributed by atoms with van der Waals surface area (Å²) in [5.74, 6) is -0.211. The number of imide groups is 1. The minimum atomic E-state index is -0.324. The maximum absolute atomic E-state index is 13.1. The Hall–Kier alpha value is -3.32. The number of fused-ring (bicyclic) bond motifs is 1. The van der Waals surface area contributed by atoms with Crippen LogP contribution in [-0.4, -0.2) is 39.6 Å². The van der Waals surface area contributed by atoms with Crippen LogP contribution in [0.5, 0.6) is 0 Å². The highest BCUT2D eigenvalue weighted by Gasteiger charge is 2.36. The Balaban J connectivity index is 1.45. The number of aromatic nitrogens is 1. The molecule has 7 heteroatoms. The molecule has 33 heavy (non-hydrogen) atoms. The molecule has 3 amide bonds. The number of anilines is 1. The van der Waals surface area contributed by atoms with Gasteiger partial charge in [-0.3, -0.25) is 14.4 Å². The second kappa shape index (κ2) is 8.90. The molecule has 2 saturated heterocycles. The van der Waals surface area contributed by atoms with Crippen LogP contribution in [0.2, 0.25) is 0 Å². The number of carbonyl (C=O) groups excluding carboxylic acids is 3. The molecule has 0 radical (unpaired) electrons. The van der Waals surface area contributed by atoms with E-state index in [1.165, 1.54) is 11.3 Å². The smallest absolute Gasteiger partial charge is 0.298 e. The summed E-state index contributed by atoms with van der Waals surface area (Å²) >= 11 is 0.944. The van der Waals surface area contributed by atoms with Crippen molar-refractivity contribution in [3.05, 3.63) is 70.8 Å². The SMILES string of the molecule is Cc1ccc(N2C(=O)S/C(=C\c3cn(CC(=O)N4CCCCC4)c4ccccc34)C2=O)cc1. The Morgan fingerprint density at radius 2 is 1.73 bits per heavy atom. The second-order valence-electron chi connectivity index (χ2n) is 8.52. The third-order valence-electron chi connectivity index (χ3n) is 6.21. The first-order chi connectivity index (χ1) is 16.0. The van der Waals surface area contributed by atoms with Crippen LogP contribution in [0, 0.1) is 6.92 Å². The summed E-state index contributed by atoms with van der Waals surface area (Å²) in [5, 5.41) is 0.644. The highest BCUT2D eigenvalue weighted by molar-refractivity contribution is 8.19. The van der Waals surface area contributed by atoms with Gasteiger partial charge in [-0.05, 0) is 62.2 Å². The minimum Gasteiger partial charge on any atom is -0.341 e. The van der Waals surface area contributed by atoms with E-state index < -0.39 is 0 Å². The molecule has 2 aliphatic rings. The molecule has 0 saturated carbocycles. The van der Waals surface area contributed by atoms with Crippen molar-refractivity contribution in [2.24, 2.45) is 0 Å². The molecule has 0 aliphatic carbocycles. The molecule has 0 unspecified atom stereocenters. The van der Waals surface area contributed by atoms with Gasteiger partial charge in [0.2, 0.25) is 5.91 Å². The van der Waals surface area contributed by atoms with E-state index in [4.69, 9.17) is 0 Å². The van der Waals surface area contributed by atoms with Gasteiger partial charge in [-0.2, -0.15) is 0 Å². The molecule has 2 fully saturated rings. The lowest BCUT2D eigenvalue weighted by Crippen LogP contribution is -2.37. The fraction of sp³-hybridized carbons (Fsp3) is 0.269. The fourth-order valence-corrected chi connectivity index (χ4v) is 5.27. The Morgan fingerprint density at radius 3 is 2.48 bits per heavy atom. The molecule has 3 heterocycles. The van der Waals surface area contributed by atoms with E-state index in [1.807, 2.05) is 59.0 Å². The van der Waals surface area contributed by atoms with Gasteiger partial charge in [-0.15, -0.1) is 0 Å². The monoisotopic (exact) mass is 459 g/mol. The molecular weight excluding hydrogens is 434 g/mol. The molecule has 6 nitrogen and oxygen atoms in total. The zero-order chi connectivity index (χ0) is 22.9. The van der Waals surface area contributed by atoms with Gasteiger partial charge in [0, 0.05) is 35.8 Å². The van der Waals surface area contributed by atoms with Crippen LogP contribution in [0.1, 0.15) is 30.4 Å². The second-order valence-corrected chi connectivity index (χ2v) is 9.52. The number of para-hydroxylation sites is 1. The number of nitrogens with zero attached hydrogens (tertiary/aromatic N) is 3. The molecule has 0 N–H and O–H groups in total. The van der Waals surface area contributed by atoms with Gasteiger partial charge in [0.05, 0.1) is 10.6 Å². The van der Waals surface area contributed by atoms with Gasteiger partial charge in [-0.25, -0.2) is 4.90 Å². The number of likely N-dealkylation sites (tertiary alicyclic amines) is 1. The topological polar surface area (TPSA) is 62.6 Å². The number of rotatable bonds is 4. The number of hydrogen-bond acceptors (Lipinski definition) is 4. The average molecular weight is 460 g/mol. The Bertz CT molecular complexity index is 1270. The van der Waals surface area contributed by atoms with Crippen molar-refractivity contribution in [1.82, 2.24) is 9.47 Å². The molecular formula is C26H25N3O3S. The van der Waals surface area contributed by atoms with Crippen molar-refractivity contribution in [2.75, 3.05) is 18.0 Å². The number of thioether (sulfide) groups is 1. The van der Waals surface area contributed by atoms with E-state index in [1.54, 1.807) is 18.2 Å². The number of carbonyl (C=O) groups is 3. The number of amides is 3. The first-order valence-electron chi connectivity index (χ1n) is 11.2. The van der Waals surface area contributed by atoms with E-state index in [0.29, 0.717) is 10.6 Å². The Kier molecular flexibility index (Phi) is 5.81. The molecule has 2 aliphatic heterocycles. The lowest BCUT2D eigenvalue weighted by molar-refractivity contribution is -0.132. The molecule has 5 rings (SSSR count). The van der Waals surface area contributed by atoms with Gasteiger partial charge >= 0.3 is 0 Å². The highest BCUT2D eigenvalue weighted by atomic mass is 32.2. The first-order valence-corrected chi connectivity index (χ1v) is 12.0. The summed E-state index contributed by atoms with van der Waals surface area (Å²) < 4.78 is 1.95. The van der Waals surface area contributed by atoms with Crippen molar-refractivity contribution >= 4 is 51.5 Å². The number of hydrogen-bond donors (Lipinski definition) is 0. The third-order valence-corrected chi connectivity index (χ3v) is 7.08. The molecule has 3 aromatic rings. The van der Waals surface area contributed by atoms with Crippen LogP contribution in [0.3, 0.4) is 0 Å². The van der Waals surface area contributed by atoms with Crippen LogP contribution < -0.4 is 4.90 Å². The molecule has 168 valence electrons. The third kappa shape index (κ3) is 4.20. The van der Waals surface area contributed by atoms with Crippen molar-refractivity contribution in [2.45, 2.75) is 32.7 Å². The van der Waals surface area contributed by atoms with Crippen molar-refractivity contribution in [3.63, 3.8) is 0 Å². The van der Waals surface area contributed by atoms with Crippen LogP contribution in [0.4, 0.5) is 10.5 Å². The predicted octanol–water partition coefficient (Wildman–Crippen LogP) is 5.20. The van der Waals surface area contributed by atoms with E-state index in [9.17, 15) is 14.4 Å². The highest BCUT2D eigenvalue weighted by Crippen LogP contribution is 2.37. The van der Waals surface area contributed by atoms with Gasteiger partial charge in [0.15, 0.2) is 0 Å². The number of aryl methyl sites for hydroxylation is 1. The van der Waals surface area contributed by atoms with Gasteiger partial charge in [0.25, 0.3) is 11.1 Å². The zero-order valence-corrected chi connectivity index (χ0v) is 19.3. The lowest BCUT2D eigenvalue weighted by Gasteiger charge is -2.27. The Morgan fingerprint density at radius 1 is 1.00 bits per heavy atom. The minimum absolute atomic E-state index is 0.113. The molecule has 2 aromatic carbocycles. The maximum atomic E-state index is 13.1. The van der Waals surface area contributed by atoms with Gasteiger partial charge in [0.1, 0.15) is 6.54 Å². The predicted molar refractivity (Wildman–Crippen MR) is 132 cm³/mol. The Labute approximate surface area is 196 Å². The zero-order valence-electron chi connectivity index (χ0n) is 18.5. The summed E-state index contributed by atoms with van der Waals surface area (Å²) in [7, 11) is 0. The van der Waals surface area contributed by atoms with E-state index in [2.05, 4.69) is 0 Å². The first kappa shape index (κ1) is 21.5. The maximum Gasteiger partial charge on any atom is 0.298 e. The lowest BCUT2D eigenvalue weighted by atomic mass is 10.1. The van der Waals surface area contributed by atoms with Gasteiger partial charge in [-0.1, -0.05) is 35.9 Å². The summed E-state index contributed by atoms with van der Waals surface area (Å²) in [5.41, 5.74) is 3.40. The normalized spacial score (nSPS) is 18.0. The van der Waals surface area contributed by atoms with Crippen molar-refractivity contribution < 1.29 is 14.4 Å². The van der Waals surface area contributed by atoms with Crippen LogP contribution in [0.15, 0.2) is 59.6 Å². The van der Waals surface area contributed by atoms with Crippen LogP contribution in [0.25, 0.3) is 17.0 Å². The average Bonchev–Trinajstić information content (AvgIpc) is 3.31. The molecule has 0 spiro atoms. The van der Waals surface area contributed by atoms with Gasteiger partial charge < -0.3 is 9.47 Å². The summed E-state index contributed by atoms with van der Waals surface area (Å²) in [4.78, 5) is 42.1. The van der Waals surface area contributed by atoms with E-state index >= 15 is 0 Å². The van der Waals surface area contributed by atoms with E-state index in [0.717, 1.165) is 59.7 Å². The molecule has 1 aromatic heterocycles.